The molecule has 6 nitrogen and oxygen atoms in total. The predicted octanol–water partition coefficient (Wildman–Crippen LogP) is 2.74. The Balaban J connectivity index is 1.84. The van der Waals surface area contributed by atoms with Gasteiger partial charge in [-0.05, 0) is 43.7 Å². The van der Waals surface area contributed by atoms with Crippen molar-refractivity contribution in [2.45, 2.75) is 19.9 Å². The zero-order valence-electron chi connectivity index (χ0n) is 16.2. The summed E-state index contributed by atoms with van der Waals surface area (Å²) < 4.78 is 5.10. The van der Waals surface area contributed by atoms with E-state index in [4.69, 9.17) is 4.74 Å². The number of ether oxygens (including phenoxy) is 1. The van der Waals surface area contributed by atoms with E-state index < -0.39 is 0 Å². The average Bonchev–Trinajstić information content (AvgIpc) is 2.71. The predicted molar refractivity (Wildman–Crippen MR) is 109 cm³/mol. The lowest BCUT2D eigenvalue weighted by Crippen LogP contribution is -2.39. The summed E-state index contributed by atoms with van der Waals surface area (Å²) in [4.78, 5) is 16.7. The smallest absolute Gasteiger partial charge is 0.251 e. The minimum Gasteiger partial charge on any atom is -0.497 e. The maximum atomic E-state index is 12.1. The summed E-state index contributed by atoms with van der Waals surface area (Å²) in [5.74, 6) is 1.33. The Morgan fingerprint density at radius 2 is 1.78 bits per heavy atom. The first kappa shape index (κ1) is 20.3. The molecule has 0 heterocycles. The molecular weight excluding hydrogens is 340 g/mol. The van der Waals surface area contributed by atoms with E-state index in [0.29, 0.717) is 18.7 Å². The van der Waals surface area contributed by atoms with Crippen molar-refractivity contribution in [3.8, 4) is 5.75 Å². The second-order valence-corrected chi connectivity index (χ2v) is 6.02. The van der Waals surface area contributed by atoms with Crippen LogP contribution in [-0.4, -0.2) is 38.6 Å². The molecule has 0 aromatic heterocycles. The van der Waals surface area contributed by atoms with Crippen LogP contribution in [0, 0.1) is 0 Å². The molecule has 0 fully saturated rings. The zero-order valence-corrected chi connectivity index (χ0v) is 16.2. The molecule has 0 aliphatic carbocycles. The van der Waals surface area contributed by atoms with Gasteiger partial charge in [-0.15, -0.1) is 0 Å². The van der Waals surface area contributed by atoms with Gasteiger partial charge in [-0.3, -0.25) is 9.79 Å². The first-order valence-electron chi connectivity index (χ1n) is 9.16. The highest BCUT2D eigenvalue weighted by Crippen LogP contribution is 2.11. The molecule has 0 bridgehead atoms. The number of rotatable bonds is 8. The summed E-state index contributed by atoms with van der Waals surface area (Å²) in [6, 6.07) is 17.4. The van der Waals surface area contributed by atoms with E-state index in [-0.39, 0.29) is 11.9 Å². The van der Waals surface area contributed by atoms with Gasteiger partial charge in [0.2, 0.25) is 0 Å². The van der Waals surface area contributed by atoms with Crippen LogP contribution in [0.25, 0.3) is 0 Å². The zero-order chi connectivity index (χ0) is 19.5. The van der Waals surface area contributed by atoms with Gasteiger partial charge in [0.05, 0.1) is 19.7 Å². The minimum atomic E-state index is -0.122. The number of carbonyl (C=O) groups is 1. The molecule has 0 aliphatic rings. The van der Waals surface area contributed by atoms with Crippen LogP contribution in [0.15, 0.2) is 59.6 Å². The van der Waals surface area contributed by atoms with Gasteiger partial charge in [-0.1, -0.05) is 30.3 Å². The Hall–Kier alpha value is -3.02. The molecule has 1 amide bonds. The number of benzene rings is 2. The van der Waals surface area contributed by atoms with Crippen LogP contribution in [0.1, 0.15) is 35.8 Å². The molecular formula is C21H28N4O2. The van der Waals surface area contributed by atoms with Gasteiger partial charge in [0.15, 0.2) is 5.96 Å². The van der Waals surface area contributed by atoms with Crippen molar-refractivity contribution in [2.24, 2.45) is 4.99 Å². The van der Waals surface area contributed by atoms with Crippen LogP contribution < -0.4 is 20.7 Å². The van der Waals surface area contributed by atoms with Gasteiger partial charge in [0.1, 0.15) is 5.75 Å². The highest BCUT2D eigenvalue weighted by Gasteiger charge is 2.07. The lowest BCUT2D eigenvalue weighted by atomic mass is 10.1. The Morgan fingerprint density at radius 3 is 2.41 bits per heavy atom. The Labute approximate surface area is 161 Å². The van der Waals surface area contributed by atoms with Gasteiger partial charge < -0.3 is 20.7 Å². The van der Waals surface area contributed by atoms with Crippen molar-refractivity contribution in [2.75, 3.05) is 26.7 Å². The monoisotopic (exact) mass is 368 g/mol. The molecule has 6 heteroatoms. The van der Waals surface area contributed by atoms with Crippen molar-refractivity contribution < 1.29 is 9.53 Å². The third kappa shape index (κ3) is 6.66. The fourth-order valence-electron chi connectivity index (χ4n) is 2.53. The van der Waals surface area contributed by atoms with Crippen LogP contribution in [0.4, 0.5) is 0 Å². The maximum absolute atomic E-state index is 12.1. The number of hydrogen-bond donors (Lipinski definition) is 3. The fourth-order valence-corrected chi connectivity index (χ4v) is 2.53. The molecule has 0 spiro atoms. The fraction of sp³-hybridized carbons (Fsp3) is 0.333. The molecule has 27 heavy (non-hydrogen) atoms. The number of guanidine groups is 1. The van der Waals surface area contributed by atoms with Crippen LogP contribution in [-0.2, 0) is 0 Å². The molecule has 3 N–H and O–H groups in total. The summed E-state index contributed by atoms with van der Waals surface area (Å²) >= 11 is 0. The highest BCUT2D eigenvalue weighted by molar-refractivity contribution is 5.94. The van der Waals surface area contributed by atoms with E-state index in [2.05, 4.69) is 40.0 Å². The van der Waals surface area contributed by atoms with Gasteiger partial charge in [0, 0.05) is 18.7 Å². The van der Waals surface area contributed by atoms with E-state index in [9.17, 15) is 4.79 Å². The number of methoxy groups -OCH3 is 1. The Kier molecular flexibility index (Phi) is 8.16. The second-order valence-electron chi connectivity index (χ2n) is 6.02. The number of carbonyl (C=O) groups excluding carboxylic acids is 1. The van der Waals surface area contributed by atoms with E-state index in [1.165, 1.54) is 5.56 Å². The number of hydrogen-bond acceptors (Lipinski definition) is 3. The first-order chi connectivity index (χ1) is 13.1. The van der Waals surface area contributed by atoms with Crippen LogP contribution in [0.2, 0.25) is 0 Å². The lowest BCUT2D eigenvalue weighted by Gasteiger charge is -2.18. The van der Waals surface area contributed by atoms with Crippen LogP contribution in [0.3, 0.4) is 0 Å². The molecule has 1 atom stereocenters. The van der Waals surface area contributed by atoms with Crippen molar-refractivity contribution in [1.82, 2.24) is 16.0 Å². The first-order valence-corrected chi connectivity index (χ1v) is 9.16. The van der Waals surface area contributed by atoms with Crippen molar-refractivity contribution >= 4 is 11.9 Å². The molecule has 0 saturated heterocycles. The highest BCUT2D eigenvalue weighted by atomic mass is 16.5. The molecule has 144 valence electrons. The average molecular weight is 368 g/mol. The van der Waals surface area contributed by atoms with E-state index in [1.54, 1.807) is 31.4 Å². The topological polar surface area (TPSA) is 74.8 Å². The summed E-state index contributed by atoms with van der Waals surface area (Å²) in [5, 5.41) is 9.48. The third-order valence-electron chi connectivity index (χ3n) is 4.02. The molecule has 0 saturated carbocycles. The number of aliphatic imine (C=N–C) groups is 1. The van der Waals surface area contributed by atoms with Gasteiger partial charge in [-0.2, -0.15) is 0 Å². The number of nitrogens with zero attached hydrogens (tertiary/aromatic N) is 1. The number of nitrogens with one attached hydrogen (secondary N) is 3. The van der Waals surface area contributed by atoms with E-state index in [0.717, 1.165) is 18.3 Å². The van der Waals surface area contributed by atoms with Crippen molar-refractivity contribution in [3.05, 3.63) is 65.7 Å². The van der Waals surface area contributed by atoms with Crippen LogP contribution >= 0.6 is 0 Å². The molecule has 0 aliphatic heterocycles. The Morgan fingerprint density at radius 1 is 1.07 bits per heavy atom. The molecule has 2 rings (SSSR count). The summed E-state index contributed by atoms with van der Waals surface area (Å²) in [6.45, 7) is 5.83. The van der Waals surface area contributed by atoms with Gasteiger partial charge >= 0.3 is 0 Å². The van der Waals surface area contributed by atoms with Crippen molar-refractivity contribution in [3.63, 3.8) is 0 Å². The minimum absolute atomic E-state index is 0.122. The molecule has 2 aromatic carbocycles. The standard InChI is InChI=1S/C21H28N4O2/c1-4-22-21(25-16(2)17-8-6-5-7-9-17)24-15-14-23-20(26)18-10-12-19(27-3)13-11-18/h5-13,16H,4,14-15H2,1-3H3,(H,23,26)(H2,22,24,25). The van der Waals surface area contributed by atoms with Crippen LogP contribution in [0.5, 0.6) is 5.75 Å². The quantitative estimate of drug-likeness (QED) is 0.380. The number of amides is 1. The maximum Gasteiger partial charge on any atom is 0.251 e. The normalized spacial score (nSPS) is 12.2. The van der Waals surface area contributed by atoms with E-state index >= 15 is 0 Å². The largest absolute Gasteiger partial charge is 0.497 e. The summed E-state index contributed by atoms with van der Waals surface area (Å²) in [6.07, 6.45) is 0. The van der Waals surface area contributed by atoms with Gasteiger partial charge in [0.25, 0.3) is 5.91 Å². The molecule has 0 radical (unpaired) electrons. The lowest BCUT2D eigenvalue weighted by molar-refractivity contribution is 0.0955. The SMILES string of the molecule is CCNC(=NCCNC(=O)c1ccc(OC)cc1)NC(C)c1ccccc1. The third-order valence-corrected chi connectivity index (χ3v) is 4.02. The summed E-state index contributed by atoms with van der Waals surface area (Å²) in [7, 11) is 1.60. The second kappa shape index (κ2) is 10.9. The molecule has 1 unspecified atom stereocenters. The van der Waals surface area contributed by atoms with Crippen molar-refractivity contribution in [1.29, 1.82) is 0 Å². The summed E-state index contributed by atoms with van der Waals surface area (Å²) in [5.41, 5.74) is 1.79. The Bertz CT molecular complexity index is 730. The molecule has 2 aromatic rings. The van der Waals surface area contributed by atoms with E-state index in [1.807, 2.05) is 25.1 Å². The van der Waals surface area contributed by atoms with Gasteiger partial charge in [-0.25, -0.2) is 0 Å².